The maximum absolute atomic E-state index is 13.6. The quantitative estimate of drug-likeness (QED) is 0.332. The fourth-order valence-corrected chi connectivity index (χ4v) is 7.73. The molecule has 10 unspecified atom stereocenters. The number of carbonyl (C=O) groups is 1. The summed E-state index contributed by atoms with van der Waals surface area (Å²) in [6, 6.07) is 14.5. The highest BCUT2D eigenvalue weighted by molar-refractivity contribution is 5.79. The minimum absolute atomic E-state index is 0.0325. The molecule has 0 bridgehead atoms. The van der Waals surface area contributed by atoms with E-state index in [-0.39, 0.29) is 20.0 Å². The summed E-state index contributed by atoms with van der Waals surface area (Å²) in [4.78, 5) is 13.6. The van der Waals surface area contributed by atoms with Crippen LogP contribution in [0.1, 0.15) is 40.6 Å². The van der Waals surface area contributed by atoms with Gasteiger partial charge in [-0.2, -0.15) is 0 Å². The van der Waals surface area contributed by atoms with Crippen LogP contribution in [0.3, 0.4) is 0 Å². The van der Waals surface area contributed by atoms with E-state index < -0.39 is 66.8 Å². The summed E-state index contributed by atoms with van der Waals surface area (Å²) in [6.45, 7) is 0.155. The van der Waals surface area contributed by atoms with Crippen molar-refractivity contribution in [1.29, 1.82) is 0 Å². The third-order valence-electron chi connectivity index (χ3n) is 10.2. The van der Waals surface area contributed by atoms with Crippen molar-refractivity contribution in [1.82, 2.24) is 0 Å². The predicted octanol–water partition coefficient (Wildman–Crippen LogP) is 3.00. The zero-order valence-electron chi connectivity index (χ0n) is 27.8. The van der Waals surface area contributed by atoms with Crippen molar-refractivity contribution in [3.05, 3.63) is 70.8 Å². The van der Waals surface area contributed by atoms with Gasteiger partial charge in [-0.05, 0) is 53.1 Å². The summed E-state index contributed by atoms with van der Waals surface area (Å²) >= 11 is 0. The van der Waals surface area contributed by atoms with Crippen LogP contribution in [0.2, 0.25) is 0 Å². The summed E-state index contributed by atoms with van der Waals surface area (Å²) < 4.78 is 64.2. The molecule has 4 aliphatic heterocycles. The molecule has 5 aliphatic rings. The SMILES string of the molecule is COc1ccc(C2OCC3OC(OC4c5cc6c(cc5C(c5cc(OC)c(OC)c(OC)c5)C5C(=O)OCC45)OCO6)C(O)C(O)C3O2)cc1. The molecule has 2 N–H and O–H groups in total. The van der Waals surface area contributed by atoms with Crippen molar-refractivity contribution in [3.63, 3.8) is 0 Å². The van der Waals surface area contributed by atoms with Crippen LogP contribution < -0.4 is 28.4 Å². The molecule has 50 heavy (non-hydrogen) atoms. The van der Waals surface area contributed by atoms with E-state index in [9.17, 15) is 15.0 Å². The molecule has 0 radical (unpaired) electrons. The van der Waals surface area contributed by atoms with Gasteiger partial charge in [0, 0.05) is 17.4 Å². The fraction of sp³-hybridized carbons (Fsp3) is 0.472. The van der Waals surface area contributed by atoms with E-state index in [0.717, 1.165) is 16.7 Å². The van der Waals surface area contributed by atoms with E-state index in [1.165, 1.54) is 21.3 Å². The van der Waals surface area contributed by atoms with Gasteiger partial charge in [0.15, 0.2) is 35.6 Å². The Morgan fingerprint density at radius 2 is 1.44 bits per heavy atom. The molecule has 14 heteroatoms. The monoisotopic (exact) mass is 694 g/mol. The smallest absolute Gasteiger partial charge is 0.310 e. The van der Waals surface area contributed by atoms with Crippen LogP contribution in [0.5, 0.6) is 34.5 Å². The first-order chi connectivity index (χ1) is 24.3. The highest BCUT2D eigenvalue weighted by atomic mass is 16.8. The van der Waals surface area contributed by atoms with Gasteiger partial charge in [-0.25, -0.2) is 0 Å². The maximum atomic E-state index is 13.6. The van der Waals surface area contributed by atoms with Crippen LogP contribution in [-0.2, 0) is 28.5 Å². The van der Waals surface area contributed by atoms with Crippen LogP contribution in [0.15, 0.2) is 48.5 Å². The molecule has 266 valence electrons. The molecular weight excluding hydrogens is 656 g/mol. The van der Waals surface area contributed by atoms with Crippen molar-refractivity contribution < 1.29 is 67.1 Å². The molecule has 4 heterocycles. The van der Waals surface area contributed by atoms with Crippen molar-refractivity contribution in [3.8, 4) is 34.5 Å². The first-order valence-corrected chi connectivity index (χ1v) is 16.3. The van der Waals surface area contributed by atoms with Gasteiger partial charge in [0.1, 0.15) is 30.2 Å². The molecule has 0 aromatic heterocycles. The zero-order chi connectivity index (χ0) is 34.7. The average Bonchev–Trinajstić information content (AvgIpc) is 3.78. The molecule has 3 fully saturated rings. The number of rotatable bonds is 8. The number of aliphatic hydroxyl groups is 2. The molecule has 8 rings (SSSR count). The molecule has 14 nitrogen and oxygen atoms in total. The van der Waals surface area contributed by atoms with Crippen LogP contribution >= 0.6 is 0 Å². The van der Waals surface area contributed by atoms with Crippen molar-refractivity contribution in [2.24, 2.45) is 11.8 Å². The molecule has 3 saturated heterocycles. The Balaban J connectivity index is 1.12. The minimum Gasteiger partial charge on any atom is -0.497 e. The number of ether oxygens (including phenoxy) is 11. The normalized spacial score (nSPS) is 32.3. The number of hydrogen-bond donors (Lipinski definition) is 2. The lowest BCUT2D eigenvalue weighted by Crippen LogP contribution is -2.62. The van der Waals surface area contributed by atoms with Gasteiger partial charge < -0.3 is 62.3 Å². The molecule has 0 spiro atoms. The highest BCUT2D eigenvalue weighted by Gasteiger charge is 2.56. The number of carbonyl (C=O) groups excluding carboxylic acids is 1. The summed E-state index contributed by atoms with van der Waals surface area (Å²) in [5, 5.41) is 22.7. The number of fused-ring (bicyclic) bond motifs is 4. The van der Waals surface area contributed by atoms with Crippen molar-refractivity contribution in [2.45, 2.75) is 49.0 Å². The second-order valence-electron chi connectivity index (χ2n) is 12.7. The third-order valence-corrected chi connectivity index (χ3v) is 10.2. The first kappa shape index (κ1) is 32.9. The van der Waals surface area contributed by atoms with Crippen LogP contribution in [0.4, 0.5) is 0 Å². The first-order valence-electron chi connectivity index (χ1n) is 16.3. The summed E-state index contributed by atoms with van der Waals surface area (Å²) in [7, 11) is 6.16. The number of methoxy groups -OCH3 is 4. The van der Waals surface area contributed by atoms with Gasteiger partial charge in [0.25, 0.3) is 0 Å². The number of hydrogen-bond acceptors (Lipinski definition) is 14. The number of cyclic esters (lactones) is 1. The molecular formula is C36H38O14. The Bertz CT molecular complexity index is 1720. The lowest BCUT2D eigenvalue weighted by molar-refractivity contribution is -0.369. The predicted molar refractivity (Wildman–Crippen MR) is 170 cm³/mol. The lowest BCUT2D eigenvalue weighted by Gasteiger charge is -2.48. The summed E-state index contributed by atoms with van der Waals surface area (Å²) in [5.41, 5.74) is 2.86. The van der Waals surface area contributed by atoms with E-state index in [2.05, 4.69) is 0 Å². The molecule has 10 atom stereocenters. The van der Waals surface area contributed by atoms with Gasteiger partial charge >= 0.3 is 5.97 Å². The van der Waals surface area contributed by atoms with Crippen LogP contribution in [0.25, 0.3) is 0 Å². The van der Waals surface area contributed by atoms with Gasteiger partial charge in [-0.1, -0.05) is 12.1 Å². The maximum Gasteiger partial charge on any atom is 0.310 e. The Hall–Kier alpha value is -4.31. The van der Waals surface area contributed by atoms with Gasteiger partial charge in [0.2, 0.25) is 12.5 Å². The zero-order valence-corrected chi connectivity index (χ0v) is 27.8. The number of benzene rings is 3. The fourth-order valence-electron chi connectivity index (χ4n) is 7.73. The molecule has 3 aromatic rings. The minimum atomic E-state index is -1.49. The Kier molecular flexibility index (Phi) is 8.61. The molecule has 0 amide bonds. The van der Waals surface area contributed by atoms with E-state index in [1.807, 2.05) is 24.3 Å². The second kappa shape index (κ2) is 13.1. The van der Waals surface area contributed by atoms with E-state index in [1.54, 1.807) is 31.4 Å². The molecule has 3 aromatic carbocycles. The Morgan fingerprint density at radius 3 is 2.10 bits per heavy atom. The van der Waals surface area contributed by atoms with Gasteiger partial charge in [0.05, 0.1) is 53.7 Å². The average molecular weight is 695 g/mol. The van der Waals surface area contributed by atoms with Crippen molar-refractivity contribution >= 4 is 5.97 Å². The van der Waals surface area contributed by atoms with Crippen molar-refractivity contribution in [2.75, 3.05) is 48.4 Å². The Morgan fingerprint density at radius 1 is 0.740 bits per heavy atom. The van der Waals surface area contributed by atoms with Crippen LogP contribution in [-0.4, -0.2) is 95.3 Å². The van der Waals surface area contributed by atoms with Gasteiger partial charge in [-0.3, -0.25) is 4.79 Å². The topological polar surface area (TPSA) is 159 Å². The Labute approximate surface area is 287 Å². The summed E-state index contributed by atoms with van der Waals surface area (Å²) in [6.07, 6.45) is -7.40. The highest BCUT2D eigenvalue weighted by Crippen LogP contribution is 2.57. The third kappa shape index (κ3) is 5.38. The number of aliphatic hydroxyl groups excluding tert-OH is 2. The van der Waals surface area contributed by atoms with Crippen LogP contribution in [0, 0.1) is 11.8 Å². The summed E-state index contributed by atoms with van der Waals surface area (Å²) in [5.74, 6) is 0.817. The number of esters is 1. The molecule has 1 aliphatic carbocycles. The van der Waals surface area contributed by atoms with E-state index >= 15 is 0 Å². The second-order valence-corrected chi connectivity index (χ2v) is 12.7. The molecule has 0 saturated carbocycles. The largest absolute Gasteiger partial charge is 0.497 e. The van der Waals surface area contributed by atoms with E-state index in [0.29, 0.717) is 40.1 Å². The standard InChI is InChI=1S/C36H38O14/c1-40-18-7-5-16(6-8-18)35-45-14-26-33(50-35)29(37)30(38)36(48-26)49-31-20-12-23-22(46-15-47-23)11-19(20)27(28-21(31)13-44-34(28)39)17-9-24(41-2)32(43-4)25(10-17)42-3/h5-12,21,26-31,33,35-38H,13-15H2,1-4H3. The van der Waals surface area contributed by atoms with E-state index in [4.69, 9.17) is 52.1 Å². The van der Waals surface area contributed by atoms with Gasteiger partial charge in [-0.15, -0.1) is 0 Å². The lowest BCUT2D eigenvalue weighted by atomic mass is 9.66.